The van der Waals surface area contributed by atoms with E-state index in [9.17, 15) is 18.4 Å². The van der Waals surface area contributed by atoms with Crippen molar-refractivity contribution in [2.24, 2.45) is 0 Å². The third-order valence-electron chi connectivity index (χ3n) is 2.95. The molecule has 2 amide bonds. The number of rotatable bonds is 4. The molecular formula is C15H12ClF2N3O3. The maximum atomic E-state index is 13.7. The van der Waals surface area contributed by atoms with Crippen LogP contribution in [0.5, 0.6) is 0 Å². The number of carbonyl (C=O) groups excluding carboxylic acids is 2. The molecule has 126 valence electrons. The molecule has 24 heavy (non-hydrogen) atoms. The van der Waals surface area contributed by atoms with Gasteiger partial charge in [-0.3, -0.25) is 0 Å². The van der Waals surface area contributed by atoms with Gasteiger partial charge < -0.3 is 15.4 Å². The molecule has 0 unspecified atom stereocenters. The van der Waals surface area contributed by atoms with Crippen molar-refractivity contribution >= 4 is 29.3 Å². The highest BCUT2D eigenvalue weighted by Crippen LogP contribution is 2.20. The van der Waals surface area contributed by atoms with Gasteiger partial charge in [0.05, 0.1) is 18.4 Å². The Kier molecular flexibility index (Phi) is 5.64. The number of hydrogen-bond acceptors (Lipinski definition) is 4. The van der Waals surface area contributed by atoms with Crippen LogP contribution < -0.4 is 10.6 Å². The third-order valence-corrected chi connectivity index (χ3v) is 3.18. The maximum absolute atomic E-state index is 13.7. The maximum Gasteiger partial charge on any atom is 0.340 e. The molecule has 6 nitrogen and oxygen atoms in total. The zero-order valence-corrected chi connectivity index (χ0v) is 13.2. The fourth-order valence-electron chi connectivity index (χ4n) is 1.77. The van der Waals surface area contributed by atoms with Crippen molar-refractivity contribution in [2.75, 3.05) is 12.4 Å². The van der Waals surface area contributed by atoms with E-state index in [1.165, 1.54) is 6.20 Å². The Hall–Kier alpha value is -2.74. The second-order valence-corrected chi connectivity index (χ2v) is 4.99. The SMILES string of the molecule is COC(=O)c1cc(NC(=O)NCc2ccc(Cl)nc2)c(F)cc1F. The molecule has 0 aliphatic heterocycles. The monoisotopic (exact) mass is 355 g/mol. The number of esters is 1. The van der Waals surface area contributed by atoms with Gasteiger partial charge in [0.2, 0.25) is 0 Å². The molecule has 0 radical (unpaired) electrons. The van der Waals surface area contributed by atoms with Gasteiger partial charge in [0.25, 0.3) is 0 Å². The second kappa shape index (κ2) is 7.69. The van der Waals surface area contributed by atoms with Crippen molar-refractivity contribution in [2.45, 2.75) is 6.54 Å². The van der Waals surface area contributed by atoms with E-state index in [0.717, 1.165) is 13.2 Å². The van der Waals surface area contributed by atoms with Gasteiger partial charge in [-0.2, -0.15) is 0 Å². The van der Waals surface area contributed by atoms with Gasteiger partial charge in [0.15, 0.2) is 0 Å². The van der Waals surface area contributed by atoms with E-state index >= 15 is 0 Å². The smallest absolute Gasteiger partial charge is 0.340 e. The number of pyridine rings is 1. The van der Waals surface area contributed by atoms with Gasteiger partial charge in [-0.1, -0.05) is 17.7 Å². The highest BCUT2D eigenvalue weighted by atomic mass is 35.5. The van der Waals surface area contributed by atoms with Crippen molar-refractivity contribution in [3.05, 3.63) is 58.4 Å². The predicted molar refractivity (Wildman–Crippen MR) is 82.8 cm³/mol. The van der Waals surface area contributed by atoms with E-state index in [1.807, 2.05) is 0 Å². The Morgan fingerprint density at radius 1 is 1.25 bits per heavy atom. The van der Waals surface area contributed by atoms with Crippen LogP contribution in [0.4, 0.5) is 19.3 Å². The predicted octanol–water partition coefficient (Wildman–Crippen LogP) is 3.12. The minimum absolute atomic E-state index is 0.114. The Balaban J connectivity index is 2.05. The van der Waals surface area contributed by atoms with Gasteiger partial charge in [-0.15, -0.1) is 0 Å². The number of benzene rings is 1. The molecule has 0 fully saturated rings. The molecule has 2 aromatic rings. The first-order chi connectivity index (χ1) is 11.4. The molecule has 2 rings (SSSR count). The van der Waals surface area contributed by atoms with Crippen molar-refractivity contribution in [3.8, 4) is 0 Å². The van der Waals surface area contributed by atoms with Gasteiger partial charge in [-0.25, -0.2) is 23.4 Å². The zero-order valence-electron chi connectivity index (χ0n) is 12.4. The fraction of sp³-hybridized carbons (Fsp3) is 0.133. The zero-order chi connectivity index (χ0) is 17.7. The highest BCUT2D eigenvalue weighted by molar-refractivity contribution is 6.29. The Bertz CT molecular complexity index is 769. The number of ether oxygens (including phenoxy) is 1. The normalized spacial score (nSPS) is 10.2. The Labute approximate surface area is 140 Å². The molecule has 0 aliphatic rings. The van der Waals surface area contributed by atoms with Gasteiger partial charge in [0, 0.05) is 18.8 Å². The Morgan fingerprint density at radius 3 is 2.62 bits per heavy atom. The number of aromatic nitrogens is 1. The highest BCUT2D eigenvalue weighted by Gasteiger charge is 2.17. The molecule has 2 N–H and O–H groups in total. The lowest BCUT2D eigenvalue weighted by Gasteiger charge is -2.10. The summed E-state index contributed by atoms with van der Waals surface area (Å²) in [6, 6.07) is 3.82. The molecule has 0 aliphatic carbocycles. The van der Waals surface area contributed by atoms with Crippen LogP contribution in [0.2, 0.25) is 5.15 Å². The number of methoxy groups -OCH3 is 1. The molecule has 0 atom stereocenters. The number of carbonyl (C=O) groups is 2. The number of amides is 2. The molecular weight excluding hydrogens is 344 g/mol. The Morgan fingerprint density at radius 2 is 2.00 bits per heavy atom. The van der Waals surface area contributed by atoms with Gasteiger partial charge in [0.1, 0.15) is 16.8 Å². The molecule has 1 heterocycles. The van der Waals surface area contributed by atoms with Crippen LogP contribution in [-0.2, 0) is 11.3 Å². The largest absolute Gasteiger partial charge is 0.465 e. The summed E-state index contributed by atoms with van der Waals surface area (Å²) in [5.41, 5.74) is -0.177. The molecule has 0 spiro atoms. The van der Waals surface area contributed by atoms with Crippen LogP contribution in [0.3, 0.4) is 0 Å². The number of halogens is 3. The van der Waals surface area contributed by atoms with Crippen LogP contribution in [0.25, 0.3) is 0 Å². The summed E-state index contributed by atoms with van der Waals surface area (Å²) in [5.74, 6) is -3.09. The number of anilines is 1. The lowest BCUT2D eigenvalue weighted by molar-refractivity contribution is 0.0595. The summed E-state index contributed by atoms with van der Waals surface area (Å²) >= 11 is 5.64. The molecule has 1 aromatic carbocycles. The van der Waals surface area contributed by atoms with Crippen molar-refractivity contribution in [1.29, 1.82) is 0 Å². The number of hydrogen-bond donors (Lipinski definition) is 2. The van der Waals surface area contributed by atoms with E-state index in [2.05, 4.69) is 20.4 Å². The lowest BCUT2D eigenvalue weighted by Crippen LogP contribution is -2.28. The average molecular weight is 356 g/mol. The van der Waals surface area contributed by atoms with Crippen molar-refractivity contribution < 1.29 is 23.1 Å². The topological polar surface area (TPSA) is 80.3 Å². The molecule has 0 bridgehead atoms. The first-order valence-corrected chi connectivity index (χ1v) is 7.01. The van der Waals surface area contributed by atoms with Crippen molar-refractivity contribution in [3.63, 3.8) is 0 Å². The van der Waals surface area contributed by atoms with E-state index in [4.69, 9.17) is 11.6 Å². The number of nitrogens with one attached hydrogen (secondary N) is 2. The van der Waals surface area contributed by atoms with E-state index in [-0.39, 0.29) is 12.2 Å². The summed E-state index contributed by atoms with van der Waals surface area (Å²) in [4.78, 5) is 27.0. The second-order valence-electron chi connectivity index (χ2n) is 4.60. The molecule has 1 aromatic heterocycles. The fourth-order valence-corrected chi connectivity index (χ4v) is 1.88. The van der Waals surface area contributed by atoms with Gasteiger partial charge in [-0.05, 0) is 17.7 Å². The summed E-state index contributed by atoms with van der Waals surface area (Å²) in [6.45, 7) is 0.114. The quantitative estimate of drug-likeness (QED) is 0.652. The molecule has 0 saturated heterocycles. The van der Waals surface area contributed by atoms with Crippen LogP contribution in [0.1, 0.15) is 15.9 Å². The third kappa shape index (κ3) is 4.39. The van der Waals surface area contributed by atoms with E-state index < -0.39 is 29.2 Å². The number of urea groups is 1. The standard InChI is InChI=1S/C15H12ClF2N3O3/c1-24-14(22)9-4-12(11(18)5-10(9)17)21-15(23)20-7-8-2-3-13(16)19-6-8/h2-6H,7H2,1H3,(H2,20,21,23). The van der Waals surface area contributed by atoms with Crippen LogP contribution in [0, 0.1) is 11.6 Å². The van der Waals surface area contributed by atoms with E-state index in [1.54, 1.807) is 12.1 Å². The summed E-state index contributed by atoms with van der Waals surface area (Å²) in [5, 5.41) is 4.97. The summed E-state index contributed by atoms with van der Waals surface area (Å²) in [6.07, 6.45) is 1.47. The average Bonchev–Trinajstić information content (AvgIpc) is 2.56. The first-order valence-electron chi connectivity index (χ1n) is 6.63. The number of nitrogens with zero attached hydrogens (tertiary/aromatic N) is 1. The van der Waals surface area contributed by atoms with Crippen LogP contribution in [-0.4, -0.2) is 24.1 Å². The van der Waals surface area contributed by atoms with Crippen LogP contribution >= 0.6 is 11.6 Å². The summed E-state index contributed by atoms with van der Waals surface area (Å²) < 4.78 is 31.6. The van der Waals surface area contributed by atoms with E-state index in [0.29, 0.717) is 16.8 Å². The summed E-state index contributed by atoms with van der Waals surface area (Å²) in [7, 11) is 1.06. The lowest BCUT2D eigenvalue weighted by atomic mass is 10.2. The first kappa shape index (κ1) is 17.6. The van der Waals surface area contributed by atoms with Gasteiger partial charge >= 0.3 is 12.0 Å². The van der Waals surface area contributed by atoms with Crippen molar-refractivity contribution in [1.82, 2.24) is 10.3 Å². The molecule has 0 saturated carbocycles. The minimum Gasteiger partial charge on any atom is -0.465 e. The minimum atomic E-state index is -1.09. The van der Waals surface area contributed by atoms with Crippen LogP contribution in [0.15, 0.2) is 30.5 Å². The molecule has 9 heteroatoms.